The van der Waals surface area contributed by atoms with E-state index in [1.165, 1.54) is 0 Å². The van der Waals surface area contributed by atoms with Gasteiger partial charge in [-0.1, -0.05) is 121 Å². The first-order valence-corrected chi connectivity index (χ1v) is 16.5. The number of hydrogen-bond acceptors (Lipinski definition) is 9. The third-order valence-electron chi connectivity index (χ3n) is 8.56. The van der Waals surface area contributed by atoms with Crippen LogP contribution in [0.4, 0.5) is 0 Å². The minimum Gasteiger partial charge on any atom is -0.391 e. The lowest BCUT2D eigenvalue weighted by molar-refractivity contribution is -0.373. The molecule has 2 heterocycles. The van der Waals surface area contributed by atoms with Crippen LogP contribution < -0.4 is 5.73 Å². The summed E-state index contributed by atoms with van der Waals surface area (Å²) in [5, 5.41) is 10.6. The Balaban J connectivity index is 1.22. The maximum Gasteiger partial charge on any atom is 0.187 e. The maximum absolute atomic E-state index is 10.6. The zero-order valence-corrected chi connectivity index (χ0v) is 27.2. The SMILES string of the molecule is C[C@@H](O)[C@@H](OCc1ccccc1)[C@@H](N)CO[C@H]1OC2COC(c3ccccc3)O[C@@H]2C(OCc2ccccc2)C1OCc1ccccc1. The maximum atomic E-state index is 10.6. The molecule has 0 amide bonds. The molecule has 254 valence electrons. The highest BCUT2D eigenvalue weighted by Crippen LogP contribution is 2.37. The molecule has 0 bridgehead atoms. The third kappa shape index (κ3) is 9.15. The number of hydrogen-bond donors (Lipinski definition) is 2. The van der Waals surface area contributed by atoms with E-state index in [1.807, 2.05) is 121 Å². The van der Waals surface area contributed by atoms with Gasteiger partial charge in [-0.25, -0.2) is 0 Å². The summed E-state index contributed by atoms with van der Waals surface area (Å²) in [6.45, 7) is 2.92. The molecule has 9 atom stereocenters. The normalized spacial score (nSPS) is 25.9. The zero-order chi connectivity index (χ0) is 33.1. The molecule has 9 heteroatoms. The Morgan fingerprint density at radius 3 is 1.77 bits per heavy atom. The van der Waals surface area contributed by atoms with E-state index in [-0.39, 0.29) is 13.2 Å². The lowest BCUT2D eigenvalue weighted by Crippen LogP contribution is -2.64. The monoisotopic (exact) mass is 655 g/mol. The van der Waals surface area contributed by atoms with Crippen LogP contribution in [0.25, 0.3) is 0 Å². The molecule has 6 rings (SSSR count). The third-order valence-corrected chi connectivity index (χ3v) is 8.56. The molecular formula is C39H45NO8. The topological polar surface area (TPSA) is 111 Å². The van der Waals surface area contributed by atoms with Crippen molar-refractivity contribution in [3.63, 3.8) is 0 Å². The van der Waals surface area contributed by atoms with Gasteiger partial charge >= 0.3 is 0 Å². The van der Waals surface area contributed by atoms with Crippen LogP contribution in [-0.4, -0.2) is 67.3 Å². The Bertz CT molecular complexity index is 1480. The van der Waals surface area contributed by atoms with Gasteiger partial charge in [0.25, 0.3) is 0 Å². The molecule has 48 heavy (non-hydrogen) atoms. The van der Waals surface area contributed by atoms with Gasteiger partial charge in [-0.15, -0.1) is 0 Å². The quantitative estimate of drug-likeness (QED) is 0.176. The Morgan fingerprint density at radius 2 is 1.21 bits per heavy atom. The first kappa shape index (κ1) is 34.4. The van der Waals surface area contributed by atoms with Crippen LogP contribution in [0.15, 0.2) is 121 Å². The molecule has 0 saturated carbocycles. The van der Waals surface area contributed by atoms with Crippen LogP contribution in [-0.2, 0) is 53.0 Å². The first-order chi connectivity index (χ1) is 23.5. The Hall–Kier alpha value is -3.48. The van der Waals surface area contributed by atoms with E-state index in [0.29, 0.717) is 19.8 Å². The van der Waals surface area contributed by atoms with Crippen LogP contribution in [0, 0.1) is 0 Å². The standard InChI is InChI=1S/C39H45NO8/c1-27(41)34(42-22-28-14-6-2-7-15-28)32(40)25-45-39-37(44-24-30-18-10-4-11-19-30)36(43-23-29-16-8-3-9-17-29)35-33(47-39)26-46-38(48-35)31-20-12-5-13-21-31/h2-21,27,32-39,41H,22-26,40H2,1H3/t27-,32+,33?,34-,35+,36?,37?,38?,39+/m1/s1. The zero-order valence-electron chi connectivity index (χ0n) is 27.2. The smallest absolute Gasteiger partial charge is 0.187 e. The molecule has 0 radical (unpaired) electrons. The summed E-state index contributed by atoms with van der Waals surface area (Å²) in [6.07, 6.45) is -5.24. The molecule has 4 aromatic carbocycles. The lowest BCUT2D eigenvalue weighted by atomic mass is 9.97. The van der Waals surface area contributed by atoms with Crippen LogP contribution >= 0.6 is 0 Å². The molecule has 4 aromatic rings. The average Bonchev–Trinajstić information content (AvgIpc) is 3.13. The molecule has 0 aromatic heterocycles. The molecule has 3 N–H and O–H groups in total. The predicted molar refractivity (Wildman–Crippen MR) is 179 cm³/mol. The number of aliphatic hydroxyl groups is 1. The van der Waals surface area contributed by atoms with E-state index in [1.54, 1.807) is 6.92 Å². The van der Waals surface area contributed by atoms with Crippen molar-refractivity contribution < 1.29 is 38.3 Å². The van der Waals surface area contributed by atoms with Gasteiger partial charge in [0.2, 0.25) is 0 Å². The minimum atomic E-state index is -0.869. The molecular weight excluding hydrogens is 610 g/mol. The highest BCUT2D eigenvalue weighted by molar-refractivity contribution is 5.18. The van der Waals surface area contributed by atoms with E-state index in [2.05, 4.69) is 0 Å². The van der Waals surface area contributed by atoms with Gasteiger partial charge in [0.15, 0.2) is 12.6 Å². The van der Waals surface area contributed by atoms with Gasteiger partial charge in [0.1, 0.15) is 30.5 Å². The number of aliphatic hydroxyl groups excluding tert-OH is 1. The molecule has 2 saturated heterocycles. The lowest BCUT2D eigenvalue weighted by Gasteiger charge is -2.49. The Morgan fingerprint density at radius 1 is 0.688 bits per heavy atom. The van der Waals surface area contributed by atoms with Gasteiger partial charge < -0.3 is 44.0 Å². The highest BCUT2D eigenvalue weighted by Gasteiger charge is 2.52. The number of rotatable bonds is 15. The van der Waals surface area contributed by atoms with Gasteiger partial charge in [-0.2, -0.15) is 0 Å². The van der Waals surface area contributed by atoms with Crippen molar-refractivity contribution in [2.24, 2.45) is 5.73 Å². The van der Waals surface area contributed by atoms with Crippen molar-refractivity contribution in [2.75, 3.05) is 13.2 Å². The fraction of sp³-hybridized carbons (Fsp3) is 0.385. The number of nitrogens with two attached hydrogens (primary N) is 1. The summed E-state index contributed by atoms with van der Waals surface area (Å²) in [5.41, 5.74) is 10.5. The van der Waals surface area contributed by atoms with Crippen molar-refractivity contribution in [3.05, 3.63) is 144 Å². The molecule has 4 unspecified atom stereocenters. The van der Waals surface area contributed by atoms with E-state index in [0.717, 1.165) is 22.3 Å². The van der Waals surface area contributed by atoms with Crippen molar-refractivity contribution in [1.29, 1.82) is 0 Å². The molecule has 0 aliphatic carbocycles. The number of ether oxygens (including phenoxy) is 7. The van der Waals surface area contributed by atoms with E-state index < -0.39 is 55.2 Å². The molecule has 2 aliphatic heterocycles. The highest BCUT2D eigenvalue weighted by atomic mass is 16.8. The summed E-state index contributed by atoms with van der Waals surface area (Å²) >= 11 is 0. The van der Waals surface area contributed by atoms with Crippen LogP contribution in [0.5, 0.6) is 0 Å². The number of benzene rings is 4. The molecule has 0 spiro atoms. The molecule has 2 fully saturated rings. The van der Waals surface area contributed by atoms with Crippen LogP contribution in [0.3, 0.4) is 0 Å². The van der Waals surface area contributed by atoms with Gasteiger partial charge in [0, 0.05) is 5.56 Å². The minimum absolute atomic E-state index is 0.0391. The fourth-order valence-corrected chi connectivity index (χ4v) is 6.05. The average molecular weight is 656 g/mol. The summed E-state index contributed by atoms with van der Waals surface area (Å²) in [6, 6.07) is 38.8. The summed E-state index contributed by atoms with van der Waals surface area (Å²) in [5.74, 6) is 0. The summed E-state index contributed by atoms with van der Waals surface area (Å²) in [4.78, 5) is 0. The second-order valence-corrected chi connectivity index (χ2v) is 12.2. The largest absolute Gasteiger partial charge is 0.391 e. The second kappa shape index (κ2) is 17.3. The van der Waals surface area contributed by atoms with Gasteiger partial charge in [-0.3, -0.25) is 0 Å². The predicted octanol–water partition coefficient (Wildman–Crippen LogP) is 5.31. The van der Waals surface area contributed by atoms with Crippen LogP contribution in [0.1, 0.15) is 35.5 Å². The van der Waals surface area contributed by atoms with E-state index in [9.17, 15) is 5.11 Å². The second-order valence-electron chi connectivity index (χ2n) is 12.2. The first-order valence-electron chi connectivity index (χ1n) is 16.5. The van der Waals surface area contributed by atoms with Crippen molar-refractivity contribution in [2.45, 2.75) is 82.0 Å². The Kier molecular flexibility index (Phi) is 12.4. The molecule has 9 nitrogen and oxygen atoms in total. The fourth-order valence-electron chi connectivity index (χ4n) is 6.05. The van der Waals surface area contributed by atoms with E-state index >= 15 is 0 Å². The summed E-state index contributed by atoms with van der Waals surface area (Å²) in [7, 11) is 0. The van der Waals surface area contributed by atoms with Gasteiger partial charge in [-0.05, 0) is 23.6 Å². The summed E-state index contributed by atoms with van der Waals surface area (Å²) < 4.78 is 45.1. The van der Waals surface area contributed by atoms with E-state index in [4.69, 9.17) is 38.9 Å². The van der Waals surface area contributed by atoms with Crippen molar-refractivity contribution in [1.82, 2.24) is 0 Å². The van der Waals surface area contributed by atoms with Crippen molar-refractivity contribution >= 4 is 0 Å². The number of fused-ring (bicyclic) bond motifs is 1. The van der Waals surface area contributed by atoms with Crippen LogP contribution in [0.2, 0.25) is 0 Å². The van der Waals surface area contributed by atoms with Crippen molar-refractivity contribution in [3.8, 4) is 0 Å². The van der Waals surface area contributed by atoms with Gasteiger partial charge in [0.05, 0.1) is 45.2 Å². The Labute approximate surface area is 282 Å². The molecule has 2 aliphatic rings.